The Hall–Kier alpha value is -4.96. The zero-order valence-electron chi connectivity index (χ0n) is 24.4. The van der Waals surface area contributed by atoms with Crippen molar-refractivity contribution in [2.75, 3.05) is 11.6 Å². The summed E-state index contributed by atoms with van der Waals surface area (Å²) in [6.07, 6.45) is -1.96. The number of carbonyl (C=O) groups excluding carboxylic acids is 2. The molecule has 1 aromatic heterocycles. The Bertz CT molecular complexity index is 1780. The number of alkyl halides is 3. The lowest BCUT2D eigenvalue weighted by Gasteiger charge is -2.20. The van der Waals surface area contributed by atoms with Crippen LogP contribution in [-0.4, -0.2) is 50.3 Å². The van der Waals surface area contributed by atoms with Crippen LogP contribution in [0, 0.1) is 12.7 Å². The predicted molar refractivity (Wildman–Crippen MR) is 163 cm³/mol. The molecule has 3 aromatic carbocycles. The van der Waals surface area contributed by atoms with E-state index in [4.69, 9.17) is 10.5 Å². The lowest BCUT2D eigenvalue weighted by molar-refractivity contribution is -0.274. The first-order valence-corrected chi connectivity index (χ1v) is 14.7. The van der Waals surface area contributed by atoms with Gasteiger partial charge in [0.05, 0.1) is 16.9 Å². The van der Waals surface area contributed by atoms with E-state index in [2.05, 4.69) is 25.1 Å². The summed E-state index contributed by atoms with van der Waals surface area (Å²) in [7, 11) is 0. The number of urea groups is 1. The van der Waals surface area contributed by atoms with Gasteiger partial charge in [-0.25, -0.2) is 18.9 Å². The van der Waals surface area contributed by atoms with Gasteiger partial charge in [-0.1, -0.05) is 37.2 Å². The van der Waals surface area contributed by atoms with Gasteiger partial charge in [0.25, 0.3) is 5.91 Å². The lowest BCUT2D eigenvalue weighted by Crippen LogP contribution is -2.36. The molecule has 1 saturated heterocycles. The van der Waals surface area contributed by atoms with Gasteiger partial charge in [0.2, 0.25) is 0 Å². The molecule has 3 amide bonds. The van der Waals surface area contributed by atoms with Gasteiger partial charge in [0.15, 0.2) is 17.7 Å². The number of hydrogen-bond donors (Lipinski definition) is 2. The second-order valence-corrected chi connectivity index (χ2v) is 11.1. The molecule has 1 atom stereocenters. The molecule has 1 fully saturated rings. The van der Waals surface area contributed by atoms with E-state index in [1.165, 1.54) is 40.2 Å². The number of ether oxygens (including phenoxy) is 2. The molecule has 240 valence electrons. The zero-order chi connectivity index (χ0) is 33.0. The predicted octanol–water partition coefficient (Wildman–Crippen LogP) is 5.70. The Kier molecular flexibility index (Phi) is 9.57. The maximum absolute atomic E-state index is 15.0. The molecule has 0 saturated carbocycles. The number of nitrogens with two attached hydrogens (primary N) is 1. The fraction of sp³-hybridized carbons (Fsp3) is 0.233. The second kappa shape index (κ2) is 13.6. The first kappa shape index (κ1) is 32.4. The minimum Gasteiger partial charge on any atom is -0.473 e. The van der Waals surface area contributed by atoms with Crippen LogP contribution in [0.2, 0.25) is 0 Å². The summed E-state index contributed by atoms with van der Waals surface area (Å²) in [4.78, 5) is 35.0. The highest BCUT2D eigenvalue weighted by Gasteiger charge is 2.38. The van der Waals surface area contributed by atoms with E-state index in [9.17, 15) is 27.2 Å². The number of carbonyl (C=O) groups is 2. The number of aromatic nitrogens is 3. The highest BCUT2D eigenvalue weighted by molar-refractivity contribution is 8.16. The van der Waals surface area contributed by atoms with E-state index in [1.54, 1.807) is 0 Å². The first-order valence-electron chi connectivity index (χ1n) is 13.8. The van der Waals surface area contributed by atoms with E-state index in [0.717, 1.165) is 53.9 Å². The Balaban J connectivity index is 1.21. The van der Waals surface area contributed by atoms with Gasteiger partial charge in [0.1, 0.15) is 29.0 Å². The van der Waals surface area contributed by atoms with Crippen molar-refractivity contribution in [1.29, 1.82) is 0 Å². The molecule has 0 spiro atoms. The van der Waals surface area contributed by atoms with Crippen LogP contribution in [0.25, 0.3) is 17.1 Å². The summed E-state index contributed by atoms with van der Waals surface area (Å²) in [5.41, 5.74) is 8.88. The van der Waals surface area contributed by atoms with Crippen LogP contribution in [0.5, 0.6) is 11.5 Å². The molecule has 0 bridgehead atoms. The third kappa shape index (κ3) is 7.63. The average Bonchev–Trinajstić information content (AvgIpc) is 3.58. The molecule has 1 aliphatic heterocycles. The number of anilines is 1. The van der Waals surface area contributed by atoms with Crippen molar-refractivity contribution in [2.45, 2.75) is 38.4 Å². The number of aliphatic imine (C=N–C) groups is 1. The summed E-state index contributed by atoms with van der Waals surface area (Å²) < 4.78 is 62.7. The average molecular weight is 658 g/mol. The molecule has 11 nitrogen and oxygen atoms in total. The van der Waals surface area contributed by atoms with Gasteiger partial charge in [-0.2, -0.15) is 4.99 Å². The van der Waals surface area contributed by atoms with Crippen LogP contribution in [0.3, 0.4) is 0 Å². The first-order chi connectivity index (χ1) is 21.9. The van der Waals surface area contributed by atoms with Crippen LogP contribution in [0.1, 0.15) is 24.5 Å². The number of nitrogens with one attached hydrogen (secondary N) is 1. The van der Waals surface area contributed by atoms with Gasteiger partial charge in [-0.05, 0) is 66.9 Å². The number of benzene rings is 3. The summed E-state index contributed by atoms with van der Waals surface area (Å²) in [6, 6.07) is 13.8. The van der Waals surface area contributed by atoms with Crippen molar-refractivity contribution in [1.82, 2.24) is 20.1 Å². The van der Waals surface area contributed by atoms with Gasteiger partial charge >= 0.3 is 12.4 Å². The molecule has 1 unspecified atom stereocenters. The van der Waals surface area contributed by atoms with Gasteiger partial charge in [-0.15, -0.1) is 18.3 Å². The zero-order valence-corrected chi connectivity index (χ0v) is 25.2. The molecular formula is C30H27F4N7O4S. The molecule has 16 heteroatoms. The lowest BCUT2D eigenvalue weighted by atomic mass is 10.0. The van der Waals surface area contributed by atoms with E-state index in [1.807, 2.05) is 32.0 Å². The minimum absolute atomic E-state index is 0.0193. The van der Waals surface area contributed by atoms with Crippen molar-refractivity contribution < 1.29 is 36.6 Å². The summed E-state index contributed by atoms with van der Waals surface area (Å²) in [5.74, 6) is -1.40. The van der Waals surface area contributed by atoms with Crippen molar-refractivity contribution >= 4 is 34.6 Å². The van der Waals surface area contributed by atoms with Crippen LogP contribution < -0.4 is 25.4 Å². The maximum Gasteiger partial charge on any atom is 0.573 e. The minimum atomic E-state index is -4.82. The largest absolute Gasteiger partial charge is 0.573 e. The monoisotopic (exact) mass is 657 g/mol. The van der Waals surface area contributed by atoms with Gasteiger partial charge in [0, 0.05) is 6.07 Å². The number of aryl methyl sites for hydroxylation is 2. The Morgan fingerprint density at radius 3 is 2.54 bits per heavy atom. The maximum atomic E-state index is 15.0. The van der Waals surface area contributed by atoms with E-state index < -0.39 is 29.3 Å². The molecule has 5 rings (SSSR count). The molecule has 0 radical (unpaired) electrons. The Morgan fingerprint density at radius 1 is 1.11 bits per heavy atom. The normalized spacial score (nSPS) is 15.8. The van der Waals surface area contributed by atoms with Gasteiger partial charge < -0.3 is 20.5 Å². The number of thioether (sulfide) groups is 1. The second-order valence-electron chi connectivity index (χ2n) is 9.96. The standard InChI is InChI=1S/C30H27F4N7O4S/c1-3-4-18-6-5-17(2)13-24(18)41-27(42)25(35)46-29(41)38-28(43)37-16-44-21-11-12-22(23(31)14-21)26-36-15-40(39-26)19-7-9-20(10-8-19)45-30(32,33)34/h5-15,25H,3-4,16,35H2,1-2H3,(H,37,43). The van der Waals surface area contributed by atoms with Crippen LogP contribution >= 0.6 is 11.8 Å². The molecule has 3 N–H and O–H groups in total. The quantitative estimate of drug-likeness (QED) is 0.173. The number of hydrogen-bond acceptors (Lipinski definition) is 8. The third-order valence-corrected chi connectivity index (χ3v) is 7.50. The fourth-order valence-electron chi connectivity index (χ4n) is 4.49. The number of amidine groups is 1. The highest BCUT2D eigenvalue weighted by Crippen LogP contribution is 2.33. The molecular weight excluding hydrogens is 630 g/mol. The summed E-state index contributed by atoms with van der Waals surface area (Å²) >= 11 is 0.964. The number of amides is 3. The van der Waals surface area contributed by atoms with E-state index in [-0.39, 0.29) is 34.9 Å². The van der Waals surface area contributed by atoms with E-state index in [0.29, 0.717) is 11.4 Å². The molecule has 46 heavy (non-hydrogen) atoms. The third-order valence-electron chi connectivity index (χ3n) is 6.56. The van der Waals surface area contributed by atoms with Crippen molar-refractivity contribution in [3.8, 4) is 28.6 Å². The molecule has 1 aliphatic rings. The topological polar surface area (TPSA) is 137 Å². The van der Waals surface area contributed by atoms with Crippen LogP contribution in [0.15, 0.2) is 72.0 Å². The summed E-state index contributed by atoms with van der Waals surface area (Å²) in [5, 5.41) is 5.85. The fourth-order valence-corrected chi connectivity index (χ4v) is 5.35. The Morgan fingerprint density at radius 2 is 1.85 bits per heavy atom. The number of halogens is 4. The highest BCUT2D eigenvalue weighted by atomic mass is 32.2. The smallest absolute Gasteiger partial charge is 0.473 e. The molecule has 4 aromatic rings. The number of nitrogens with zero attached hydrogens (tertiary/aromatic N) is 5. The number of rotatable bonds is 9. The van der Waals surface area contributed by atoms with Crippen LogP contribution in [-0.2, 0) is 11.2 Å². The SMILES string of the molecule is CCCc1ccc(C)cc1N1C(=O)C(N)SC1=NC(=O)NCOc1ccc(-c2ncn(-c3ccc(OC(F)(F)F)cc3)n2)c(F)c1. The summed E-state index contributed by atoms with van der Waals surface area (Å²) in [6.45, 7) is 3.56. The van der Waals surface area contributed by atoms with E-state index >= 15 is 0 Å². The molecule has 2 heterocycles. The van der Waals surface area contributed by atoms with Crippen LogP contribution in [0.4, 0.5) is 28.0 Å². The van der Waals surface area contributed by atoms with Gasteiger partial charge in [-0.3, -0.25) is 9.69 Å². The Labute approximate surface area is 264 Å². The van der Waals surface area contributed by atoms with Crippen molar-refractivity contribution in [3.05, 3.63) is 83.9 Å². The molecule has 0 aliphatic carbocycles. The van der Waals surface area contributed by atoms with Crippen molar-refractivity contribution in [2.24, 2.45) is 10.7 Å². The van der Waals surface area contributed by atoms with Crippen molar-refractivity contribution in [3.63, 3.8) is 0 Å².